The molecule has 1 heterocycles. The lowest BCUT2D eigenvalue weighted by Crippen LogP contribution is -2.03. The summed E-state index contributed by atoms with van der Waals surface area (Å²) in [5.74, 6) is -1.62. The molecule has 0 atom stereocenters. The fraction of sp³-hybridized carbons (Fsp3) is 0.167. The predicted molar refractivity (Wildman–Crippen MR) is 64.9 cm³/mol. The fourth-order valence-electron chi connectivity index (χ4n) is 1.62. The lowest BCUT2D eigenvalue weighted by atomic mass is 10.2. The van der Waals surface area contributed by atoms with Crippen molar-refractivity contribution < 1.29 is 14.3 Å². The van der Waals surface area contributed by atoms with Crippen molar-refractivity contribution in [2.45, 2.75) is 13.3 Å². The van der Waals surface area contributed by atoms with E-state index >= 15 is 0 Å². The van der Waals surface area contributed by atoms with Gasteiger partial charge in [-0.25, -0.2) is 13.9 Å². The first-order valence-electron chi connectivity index (χ1n) is 5.30. The van der Waals surface area contributed by atoms with Crippen LogP contribution in [0, 0.1) is 5.82 Å². The highest BCUT2D eigenvalue weighted by molar-refractivity contribution is 6.30. The van der Waals surface area contributed by atoms with Crippen LogP contribution in [0.1, 0.15) is 23.1 Å². The normalized spacial score (nSPS) is 10.6. The minimum atomic E-state index is -1.10. The third kappa shape index (κ3) is 2.22. The zero-order chi connectivity index (χ0) is 13.3. The van der Waals surface area contributed by atoms with Crippen molar-refractivity contribution in [3.63, 3.8) is 0 Å². The van der Waals surface area contributed by atoms with E-state index in [0.717, 1.165) is 5.69 Å². The van der Waals surface area contributed by atoms with Crippen molar-refractivity contribution in [2.75, 3.05) is 0 Å². The Labute approximate surface area is 108 Å². The van der Waals surface area contributed by atoms with Gasteiger partial charge in [0.25, 0.3) is 0 Å². The SMILES string of the molecule is CCc1cc(C(=O)O)nn1-c1ccc(F)c(Cl)c1. The van der Waals surface area contributed by atoms with Gasteiger partial charge in [-0.1, -0.05) is 18.5 Å². The molecule has 1 N–H and O–H groups in total. The average molecular weight is 269 g/mol. The summed E-state index contributed by atoms with van der Waals surface area (Å²) >= 11 is 5.70. The summed E-state index contributed by atoms with van der Waals surface area (Å²) in [5.41, 5.74) is 1.20. The van der Waals surface area contributed by atoms with Crippen LogP contribution in [-0.2, 0) is 6.42 Å². The van der Waals surface area contributed by atoms with Crippen LogP contribution in [0.25, 0.3) is 5.69 Å². The Morgan fingerprint density at radius 3 is 2.78 bits per heavy atom. The highest BCUT2D eigenvalue weighted by atomic mass is 35.5. The Hall–Kier alpha value is -1.88. The number of rotatable bonds is 3. The molecule has 0 saturated heterocycles. The molecule has 0 aliphatic heterocycles. The first kappa shape index (κ1) is 12.6. The number of carbonyl (C=O) groups is 1. The third-order valence-corrected chi connectivity index (χ3v) is 2.80. The van der Waals surface area contributed by atoms with Gasteiger partial charge in [0.15, 0.2) is 5.69 Å². The van der Waals surface area contributed by atoms with Crippen LogP contribution in [0.5, 0.6) is 0 Å². The molecule has 6 heteroatoms. The molecule has 18 heavy (non-hydrogen) atoms. The topological polar surface area (TPSA) is 55.1 Å². The van der Waals surface area contributed by atoms with Crippen molar-refractivity contribution in [2.24, 2.45) is 0 Å². The van der Waals surface area contributed by atoms with Gasteiger partial charge in [0, 0.05) is 5.69 Å². The summed E-state index contributed by atoms with van der Waals surface area (Å²) in [6, 6.07) is 5.62. The Kier molecular flexibility index (Phi) is 3.34. The fourth-order valence-corrected chi connectivity index (χ4v) is 1.79. The average Bonchev–Trinajstić information content (AvgIpc) is 2.77. The molecule has 1 aromatic heterocycles. The smallest absolute Gasteiger partial charge is 0.356 e. The quantitative estimate of drug-likeness (QED) is 0.931. The Morgan fingerprint density at radius 1 is 1.50 bits per heavy atom. The molecule has 0 fully saturated rings. The second-order valence-electron chi connectivity index (χ2n) is 3.69. The van der Waals surface area contributed by atoms with Crippen LogP contribution in [0.2, 0.25) is 5.02 Å². The zero-order valence-corrected chi connectivity index (χ0v) is 10.3. The molecule has 2 aromatic rings. The summed E-state index contributed by atoms with van der Waals surface area (Å²) in [4.78, 5) is 10.9. The second-order valence-corrected chi connectivity index (χ2v) is 4.10. The lowest BCUT2D eigenvalue weighted by molar-refractivity contribution is 0.0690. The van der Waals surface area contributed by atoms with Crippen LogP contribution in [0.15, 0.2) is 24.3 Å². The summed E-state index contributed by atoms with van der Waals surface area (Å²) in [5, 5.41) is 12.8. The highest BCUT2D eigenvalue weighted by Crippen LogP contribution is 2.20. The van der Waals surface area contributed by atoms with Crippen molar-refractivity contribution in [1.29, 1.82) is 0 Å². The number of carboxylic acid groups (broad SMARTS) is 1. The molecule has 0 aliphatic rings. The van der Waals surface area contributed by atoms with Crippen molar-refractivity contribution in [3.8, 4) is 5.69 Å². The maximum atomic E-state index is 13.1. The zero-order valence-electron chi connectivity index (χ0n) is 9.52. The van der Waals surface area contributed by atoms with Crippen LogP contribution in [0.4, 0.5) is 4.39 Å². The number of nitrogens with zero attached hydrogens (tertiary/aromatic N) is 2. The summed E-state index contributed by atoms with van der Waals surface area (Å²) in [7, 11) is 0. The monoisotopic (exact) mass is 268 g/mol. The maximum Gasteiger partial charge on any atom is 0.356 e. The number of hydrogen-bond acceptors (Lipinski definition) is 2. The van der Waals surface area contributed by atoms with Gasteiger partial charge in [0.1, 0.15) is 5.82 Å². The molecular formula is C12H10ClFN2O2. The Bertz CT molecular complexity index is 610. The van der Waals surface area contributed by atoms with E-state index in [0.29, 0.717) is 12.1 Å². The standard InChI is InChI=1S/C12H10ClFN2O2/c1-2-7-6-11(12(17)18)15-16(7)8-3-4-10(14)9(13)5-8/h3-6H,2H2,1H3,(H,17,18). The number of aryl methyl sites for hydroxylation is 1. The Morgan fingerprint density at radius 2 is 2.22 bits per heavy atom. The van der Waals surface area contributed by atoms with E-state index in [-0.39, 0.29) is 10.7 Å². The van der Waals surface area contributed by atoms with Gasteiger partial charge >= 0.3 is 5.97 Å². The summed E-state index contributed by atoms with van der Waals surface area (Å²) < 4.78 is 14.5. The first-order valence-corrected chi connectivity index (χ1v) is 5.68. The number of benzene rings is 1. The molecule has 0 radical (unpaired) electrons. The maximum absolute atomic E-state index is 13.1. The molecule has 0 bridgehead atoms. The number of aromatic carboxylic acids is 1. The van der Waals surface area contributed by atoms with Crippen molar-refractivity contribution in [1.82, 2.24) is 9.78 Å². The lowest BCUT2D eigenvalue weighted by Gasteiger charge is -2.06. The summed E-state index contributed by atoms with van der Waals surface area (Å²) in [6.07, 6.45) is 0.606. The van der Waals surface area contributed by atoms with Gasteiger partial charge in [-0.3, -0.25) is 0 Å². The number of aromatic nitrogens is 2. The van der Waals surface area contributed by atoms with E-state index in [2.05, 4.69) is 5.10 Å². The minimum Gasteiger partial charge on any atom is -0.476 e. The van der Waals surface area contributed by atoms with Gasteiger partial charge < -0.3 is 5.11 Å². The van der Waals surface area contributed by atoms with Gasteiger partial charge in [0.05, 0.1) is 10.7 Å². The molecule has 0 amide bonds. The molecule has 1 aromatic carbocycles. The van der Waals surface area contributed by atoms with Crippen LogP contribution in [0.3, 0.4) is 0 Å². The van der Waals surface area contributed by atoms with E-state index in [9.17, 15) is 9.18 Å². The van der Waals surface area contributed by atoms with Crippen LogP contribution in [-0.4, -0.2) is 20.9 Å². The Balaban J connectivity index is 2.55. The third-order valence-electron chi connectivity index (χ3n) is 2.51. The second kappa shape index (κ2) is 4.78. The van der Waals surface area contributed by atoms with E-state index in [4.69, 9.17) is 16.7 Å². The van der Waals surface area contributed by atoms with Gasteiger partial charge in [-0.15, -0.1) is 0 Å². The van der Waals surface area contributed by atoms with Crippen LogP contribution < -0.4 is 0 Å². The van der Waals surface area contributed by atoms with E-state index in [1.807, 2.05) is 6.92 Å². The number of carboxylic acids is 1. The minimum absolute atomic E-state index is 0.0260. The first-order chi connectivity index (χ1) is 8.52. The van der Waals surface area contributed by atoms with Crippen molar-refractivity contribution in [3.05, 3.63) is 46.5 Å². The molecule has 94 valence electrons. The summed E-state index contributed by atoms with van der Waals surface area (Å²) in [6.45, 7) is 1.88. The molecule has 4 nitrogen and oxygen atoms in total. The van der Waals surface area contributed by atoms with Crippen molar-refractivity contribution >= 4 is 17.6 Å². The highest BCUT2D eigenvalue weighted by Gasteiger charge is 2.14. The van der Waals surface area contributed by atoms with Gasteiger partial charge in [0.2, 0.25) is 0 Å². The number of hydrogen-bond donors (Lipinski definition) is 1. The van der Waals surface area contributed by atoms with Crippen LogP contribution >= 0.6 is 11.6 Å². The van der Waals surface area contributed by atoms with E-state index < -0.39 is 11.8 Å². The molecule has 2 rings (SSSR count). The van der Waals surface area contributed by atoms with Gasteiger partial charge in [-0.05, 0) is 30.7 Å². The predicted octanol–water partition coefficient (Wildman–Crippen LogP) is 2.93. The molecule has 0 unspecified atom stereocenters. The van der Waals surface area contributed by atoms with Gasteiger partial charge in [-0.2, -0.15) is 5.10 Å². The largest absolute Gasteiger partial charge is 0.476 e. The van der Waals surface area contributed by atoms with E-state index in [1.54, 1.807) is 0 Å². The van der Waals surface area contributed by atoms with E-state index in [1.165, 1.54) is 28.9 Å². The molecule has 0 spiro atoms. The molecular weight excluding hydrogens is 259 g/mol. The number of halogens is 2. The molecule has 0 saturated carbocycles. The molecule has 0 aliphatic carbocycles.